The van der Waals surface area contributed by atoms with Crippen LogP contribution in [-0.2, 0) is 0 Å². The van der Waals surface area contributed by atoms with E-state index in [0.717, 1.165) is 0 Å². The van der Waals surface area contributed by atoms with Crippen LogP contribution in [-0.4, -0.2) is 87.2 Å². The highest BCUT2D eigenvalue weighted by atomic mass is 15.3. The van der Waals surface area contributed by atoms with Crippen molar-refractivity contribution in [3.63, 3.8) is 0 Å². The third kappa shape index (κ3) is 5.82. The van der Waals surface area contributed by atoms with Crippen molar-refractivity contribution in [3.8, 4) is 0 Å². The molecule has 0 bridgehead atoms. The molecule has 1 N–H and O–H groups in total. The van der Waals surface area contributed by atoms with E-state index >= 15 is 0 Å². The van der Waals surface area contributed by atoms with Crippen LogP contribution in [0.5, 0.6) is 0 Å². The van der Waals surface area contributed by atoms with Crippen LogP contribution < -0.4 is 5.32 Å². The van der Waals surface area contributed by atoms with E-state index < -0.39 is 0 Å². The molecule has 0 aromatic carbocycles. The maximum Gasteiger partial charge on any atom is 0.0110 e. The second kappa shape index (κ2) is 8.86. The molecule has 102 valence electrons. The smallest absolute Gasteiger partial charge is 0.0110 e. The molecule has 17 heavy (non-hydrogen) atoms. The van der Waals surface area contributed by atoms with Crippen molar-refractivity contribution in [2.75, 3.05) is 72.5 Å². The van der Waals surface area contributed by atoms with Crippen LogP contribution in [0.4, 0.5) is 0 Å². The number of hydrogen-bond donors (Lipinski definition) is 1. The molecule has 2 aliphatic heterocycles. The Morgan fingerprint density at radius 3 is 1.76 bits per heavy atom. The van der Waals surface area contributed by atoms with Gasteiger partial charge in [-0.3, -0.25) is 9.80 Å². The summed E-state index contributed by atoms with van der Waals surface area (Å²) in [6.07, 6.45) is 0. The molecule has 0 radical (unpaired) electrons. The minimum Gasteiger partial charge on any atom is -0.314 e. The van der Waals surface area contributed by atoms with Crippen molar-refractivity contribution in [1.29, 1.82) is 0 Å². The molecule has 0 atom stereocenters. The van der Waals surface area contributed by atoms with Gasteiger partial charge < -0.3 is 10.2 Å². The van der Waals surface area contributed by atoms with Crippen molar-refractivity contribution in [3.05, 3.63) is 0 Å². The molecule has 0 spiro atoms. The molecule has 0 aromatic heterocycles. The summed E-state index contributed by atoms with van der Waals surface area (Å²) >= 11 is 0. The molecule has 2 rings (SSSR count). The summed E-state index contributed by atoms with van der Waals surface area (Å²) in [5, 5.41) is 3.40. The van der Waals surface area contributed by atoms with Gasteiger partial charge in [-0.2, -0.15) is 0 Å². The lowest BCUT2D eigenvalue weighted by Crippen LogP contribution is -2.49. The zero-order chi connectivity index (χ0) is 12.5. The highest BCUT2D eigenvalue weighted by Gasteiger charge is 2.15. The minimum absolute atomic E-state index is 1.17. The number of hydrogen-bond acceptors (Lipinski definition) is 4. The molecule has 0 aromatic rings. The molecule has 4 nitrogen and oxygen atoms in total. The van der Waals surface area contributed by atoms with Gasteiger partial charge in [0, 0.05) is 65.4 Å². The summed E-state index contributed by atoms with van der Waals surface area (Å²) in [7, 11) is 2.22. The van der Waals surface area contributed by atoms with E-state index in [1.165, 1.54) is 65.4 Å². The van der Waals surface area contributed by atoms with Crippen molar-refractivity contribution >= 4 is 0 Å². The predicted octanol–water partition coefficient (Wildman–Crippen LogP) is 0.165. The Morgan fingerprint density at radius 1 is 0.765 bits per heavy atom. The van der Waals surface area contributed by atoms with Crippen LogP contribution in [0.3, 0.4) is 0 Å². The Kier molecular flexibility index (Phi) is 7.77. The van der Waals surface area contributed by atoms with Crippen LogP contribution >= 0.6 is 0 Å². The Balaban J connectivity index is 0.000000686. The second-order valence-corrected chi connectivity index (χ2v) is 4.74. The van der Waals surface area contributed by atoms with Gasteiger partial charge in [-0.25, -0.2) is 0 Å². The van der Waals surface area contributed by atoms with Gasteiger partial charge in [0.15, 0.2) is 0 Å². The highest BCUT2D eigenvalue weighted by Crippen LogP contribution is 2.00. The average molecular weight is 242 g/mol. The van der Waals surface area contributed by atoms with Gasteiger partial charge in [-0.15, -0.1) is 0 Å². The Labute approximate surface area is 107 Å². The predicted molar refractivity (Wildman–Crippen MR) is 74.6 cm³/mol. The average Bonchev–Trinajstić information content (AvgIpc) is 2.42. The molecule has 2 fully saturated rings. The first-order chi connectivity index (χ1) is 8.34. The van der Waals surface area contributed by atoms with E-state index in [1.807, 2.05) is 13.8 Å². The van der Waals surface area contributed by atoms with Crippen molar-refractivity contribution in [2.45, 2.75) is 13.8 Å². The van der Waals surface area contributed by atoms with Crippen molar-refractivity contribution in [1.82, 2.24) is 20.0 Å². The third-order valence-corrected chi connectivity index (χ3v) is 3.54. The van der Waals surface area contributed by atoms with Gasteiger partial charge >= 0.3 is 0 Å². The summed E-state index contributed by atoms with van der Waals surface area (Å²) in [5.41, 5.74) is 0. The molecule has 0 unspecified atom stereocenters. The molecule has 2 saturated heterocycles. The van der Waals surface area contributed by atoms with Crippen molar-refractivity contribution < 1.29 is 0 Å². The maximum atomic E-state index is 3.40. The van der Waals surface area contributed by atoms with E-state index in [4.69, 9.17) is 0 Å². The summed E-state index contributed by atoms with van der Waals surface area (Å²) in [6, 6.07) is 0. The summed E-state index contributed by atoms with van der Waals surface area (Å²) < 4.78 is 0. The fourth-order valence-electron chi connectivity index (χ4n) is 2.29. The Hall–Kier alpha value is -0.160. The van der Waals surface area contributed by atoms with E-state index in [2.05, 4.69) is 27.1 Å². The first-order valence-electron chi connectivity index (χ1n) is 7.18. The zero-order valence-corrected chi connectivity index (χ0v) is 11.9. The lowest BCUT2D eigenvalue weighted by molar-refractivity contribution is 0.131. The minimum atomic E-state index is 1.17. The number of nitrogens with one attached hydrogen (secondary N) is 1. The summed E-state index contributed by atoms with van der Waals surface area (Å²) in [5.74, 6) is 0. The van der Waals surface area contributed by atoms with Crippen LogP contribution in [0, 0.1) is 0 Å². The van der Waals surface area contributed by atoms with Crippen LogP contribution in [0.2, 0.25) is 0 Å². The molecular weight excluding hydrogens is 212 g/mol. The largest absolute Gasteiger partial charge is 0.314 e. The fourth-order valence-corrected chi connectivity index (χ4v) is 2.29. The normalized spacial score (nSPS) is 24.2. The molecule has 2 aliphatic rings. The third-order valence-electron chi connectivity index (χ3n) is 3.54. The second-order valence-electron chi connectivity index (χ2n) is 4.74. The zero-order valence-electron chi connectivity index (χ0n) is 11.9. The van der Waals surface area contributed by atoms with Gasteiger partial charge in [-0.05, 0) is 7.05 Å². The van der Waals surface area contributed by atoms with Crippen LogP contribution in [0.15, 0.2) is 0 Å². The topological polar surface area (TPSA) is 21.8 Å². The van der Waals surface area contributed by atoms with E-state index in [9.17, 15) is 0 Å². The first-order valence-corrected chi connectivity index (χ1v) is 7.18. The quantitative estimate of drug-likeness (QED) is 0.761. The number of piperazine rings is 2. The van der Waals surface area contributed by atoms with Gasteiger partial charge in [0.05, 0.1) is 0 Å². The first kappa shape index (κ1) is 14.9. The van der Waals surface area contributed by atoms with E-state index in [-0.39, 0.29) is 0 Å². The molecular formula is C13H30N4. The lowest BCUT2D eigenvalue weighted by Gasteiger charge is -2.34. The molecule has 0 aliphatic carbocycles. The summed E-state index contributed by atoms with van der Waals surface area (Å²) in [6.45, 7) is 16.3. The van der Waals surface area contributed by atoms with Gasteiger partial charge in [0.1, 0.15) is 0 Å². The Bertz CT molecular complexity index is 172. The number of rotatable bonds is 3. The maximum absolute atomic E-state index is 3.40. The summed E-state index contributed by atoms with van der Waals surface area (Å²) in [4.78, 5) is 7.60. The molecule has 4 heteroatoms. The molecule has 2 heterocycles. The molecule has 0 amide bonds. The van der Waals surface area contributed by atoms with Gasteiger partial charge in [0.2, 0.25) is 0 Å². The van der Waals surface area contributed by atoms with E-state index in [1.54, 1.807) is 0 Å². The van der Waals surface area contributed by atoms with Crippen molar-refractivity contribution in [2.24, 2.45) is 0 Å². The van der Waals surface area contributed by atoms with Crippen LogP contribution in [0.25, 0.3) is 0 Å². The Morgan fingerprint density at radius 2 is 1.24 bits per heavy atom. The number of likely N-dealkylation sites (N-methyl/N-ethyl adjacent to an activating group) is 1. The number of nitrogens with zero attached hydrogens (tertiary/aromatic N) is 3. The fraction of sp³-hybridized carbons (Fsp3) is 1.00. The molecule has 0 saturated carbocycles. The lowest BCUT2D eigenvalue weighted by atomic mass is 10.3. The monoisotopic (exact) mass is 242 g/mol. The highest BCUT2D eigenvalue weighted by molar-refractivity contribution is 4.73. The van der Waals surface area contributed by atoms with Gasteiger partial charge in [0.25, 0.3) is 0 Å². The standard InChI is InChI=1S/C11H24N4.C2H6/c1-13-6-8-15(9-7-13)11-10-14-4-2-12-3-5-14;1-2/h12H,2-11H2,1H3;1-2H3. The SMILES string of the molecule is CC.CN1CCN(CCN2CCNCC2)CC1. The van der Waals surface area contributed by atoms with Crippen LogP contribution in [0.1, 0.15) is 13.8 Å². The van der Waals surface area contributed by atoms with Gasteiger partial charge in [-0.1, -0.05) is 13.8 Å². The van der Waals surface area contributed by atoms with E-state index in [0.29, 0.717) is 0 Å².